The highest BCUT2D eigenvalue weighted by molar-refractivity contribution is 7.89. The highest BCUT2D eigenvalue weighted by Gasteiger charge is 2.32. The van der Waals surface area contributed by atoms with Gasteiger partial charge in [-0.05, 0) is 24.6 Å². The molecule has 0 saturated heterocycles. The molecule has 176 valence electrons. The molecule has 1 aromatic heterocycles. The second kappa shape index (κ2) is 9.54. The Labute approximate surface area is 194 Å². The number of nitrogens with zero attached hydrogens (tertiary/aromatic N) is 3. The predicted molar refractivity (Wildman–Crippen MR) is 124 cm³/mol. The molecule has 0 amide bonds. The number of hydrogen-bond donors (Lipinski definition) is 0. The maximum atomic E-state index is 13.4. The third-order valence-electron chi connectivity index (χ3n) is 5.91. The van der Waals surface area contributed by atoms with Gasteiger partial charge >= 0.3 is 0 Å². The summed E-state index contributed by atoms with van der Waals surface area (Å²) in [6.45, 7) is 3.48. The Balaban J connectivity index is 1.52. The van der Waals surface area contributed by atoms with Crippen molar-refractivity contribution < 1.29 is 22.6 Å². The van der Waals surface area contributed by atoms with Crippen molar-refractivity contribution in [2.75, 3.05) is 20.8 Å². The molecule has 0 bridgehead atoms. The van der Waals surface area contributed by atoms with Crippen LogP contribution >= 0.6 is 0 Å². The van der Waals surface area contributed by atoms with E-state index >= 15 is 0 Å². The number of rotatable bonds is 8. The summed E-state index contributed by atoms with van der Waals surface area (Å²) in [5.74, 6) is 0.862. The molecule has 0 N–H and O–H groups in total. The van der Waals surface area contributed by atoms with Gasteiger partial charge < -0.3 is 14.2 Å². The zero-order valence-corrected chi connectivity index (χ0v) is 20.2. The van der Waals surface area contributed by atoms with Crippen LogP contribution in [0.5, 0.6) is 11.5 Å². The second-order valence-corrected chi connectivity index (χ2v) is 10.0. The molecule has 33 heavy (non-hydrogen) atoms. The number of aryl methyl sites for hydroxylation is 2. The Morgan fingerprint density at radius 1 is 1.00 bits per heavy atom. The van der Waals surface area contributed by atoms with Gasteiger partial charge in [0.25, 0.3) is 0 Å². The zero-order chi connectivity index (χ0) is 23.6. The Bertz CT molecular complexity index is 1240. The van der Waals surface area contributed by atoms with Crippen LogP contribution in [0.3, 0.4) is 0 Å². The molecule has 8 nitrogen and oxygen atoms in total. The van der Waals surface area contributed by atoms with Crippen molar-refractivity contribution in [3.8, 4) is 11.5 Å². The first kappa shape index (κ1) is 23.3. The van der Waals surface area contributed by atoms with Gasteiger partial charge in [-0.15, -0.1) is 0 Å². The molecular weight excluding hydrogens is 442 g/mol. The lowest BCUT2D eigenvalue weighted by Crippen LogP contribution is -2.36. The molecule has 0 radical (unpaired) electrons. The van der Waals surface area contributed by atoms with Crippen molar-refractivity contribution in [2.45, 2.75) is 38.0 Å². The number of aromatic nitrogens is 2. The van der Waals surface area contributed by atoms with Gasteiger partial charge in [0.1, 0.15) is 0 Å². The van der Waals surface area contributed by atoms with Gasteiger partial charge in [-0.1, -0.05) is 29.8 Å². The van der Waals surface area contributed by atoms with Crippen molar-refractivity contribution >= 4 is 10.0 Å². The molecule has 2 heterocycles. The Morgan fingerprint density at radius 3 is 2.42 bits per heavy atom. The van der Waals surface area contributed by atoms with Crippen molar-refractivity contribution in [3.63, 3.8) is 0 Å². The van der Waals surface area contributed by atoms with Crippen LogP contribution in [-0.4, -0.2) is 43.3 Å². The number of hydrogen-bond acceptors (Lipinski definition) is 6. The molecule has 1 aliphatic heterocycles. The minimum absolute atomic E-state index is 0.171. The number of ether oxygens (including phenoxy) is 3. The predicted octanol–water partition coefficient (Wildman–Crippen LogP) is 3.21. The third kappa shape index (κ3) is 4.75. The van der Waals surface area contributed by atoms with E-state index in [1.165, 1.54) is 30.2 Å². The van der Waals surface area contributed by atoms with Gasteiger partial charge in [0, 0.05) is 43.9 Å². The largest absolute Gasteiger partial charge is 0.493 e. The first-order chi connectivity index (χ1) is 15.8. The normalized spacial score (nSPS) is 14.2. The summed E-state index contributed by atoms with van der Waals surface area (Å²) < 4.78 is 46.5. The molecule has 0 spiro atoms. The van der Waals surface area contributed by atoms with Crippen LogP contribution in [-0.2, 0) is 48.0 Å². The standard InChI is InChI=1S/C24H29N3O5S/c1-17-5-7-18(8-6-17)15-32-16-21-20-14-27(12-11-22(20)26(2)25-21)33(28,29)19-9-10-23(30-3)24(13-19)31-4/h5-10,13H,11-12,14-16H2,1-4H3. The van der Waals surface area contributed by atoms with E-state index in [-0.39, 0.29) is 11.4 Å². The molecule has 9 heteroatoms. The average molecular weight is 472 g/mol. The molecule has 2 aromatic carbocycles. The first-order valence-corrected chi connectivity index (χ1v) is 12.2. The fourth-order valence-electron chi connectivity index (χ4n) is 4.04. The smallest absolute Gasteiger partial charge is 0.243 e. The minimum Gasteiger partial charge on any atom is -0.493 e. The lowest BCUT2D eigenvalue weighted by Gasteiger charge is -2.27. The van der Waals surface area contributed by atoms with Gasteiger partial charge in [0.15, 0.2) is 11.5 Å². The quantitative estimate of drug-likeness (QED) is 0.502. The van der Waals surface area contributed by atoms with E-state index in [1.54, 1.807) is 12.1 Å². The first-order valence-electron chi connectivity index (χ1n) is 10.7. The monoisotopic (exact) mass is 471 g/mol. The van der Waals surface area contributed by atoms with Gasteiger partial charge in [-0.3, -0.25) is 4.68 Å². The molecule has 0 unspecified atom stereocenters. The Hall–Kier alpha value is -2.88. The van der Waals surface area contributed by atoms with E-state index < -0.39 is 10.0 Å². The Morgan fingerprint density at radius 2 is 1.73 bits per heavy atom. The topological polar surface area (TPSA) is 82.9 Å². The number of fused-ring (bicyclic) bond motifs is 1. The van der Waals surface area contributed by atoms with Crippen molar-refractivity contribution in [1.82, 2.24) is 14.1 Å². The van der Waals surface area contributed by atoms with E-state index in [9.17, 15) is 8.42 Å². The molecular formula is C24H29N3O5S. The van der Waals surface area contributed by atoms with Crippen LogP contribution in [0.2, 0.25) is 0 Å². The summed E-state index contributed by atoms with van der Waals surface area (Å²) in [5.41, 5.74) is 5.02. The second-order valence-electron chi connectivity index (χ2n) is 8.08. The summed E-state index contributed by atoms with van der Waals surface area (Å²) in [6.07, 6.45) is 0.587. The molecule has 0 saturated carbocycles. The lowest BCUT2D eigenvalue weighted by atomic mass is 10.1. The molecule has 3 aromatic rings. The summed E-state index contributed by atoms with van der Waals surface area (Å²) in [5, 5.41) is 4.61. The average Bonchev–Trinajstić information content (AvgIpc) is 3.14. The van der Waals surface area contributed by atoms with E-state index in [4.69, 9.17) is 14.2 Å². The Kier molecular flexibility index (Phi) is 6.73. The van der Waals surface area contributed by atoms with Crippen LogP contribution < -0.4 is 9.47 Å². The van der Waals surface area contributed by atoms with Crippen molar-refractivity contribution in [1.29, 1.82) is 0 Å². The van der Waals surface area contributed by atoms with Gasteiger partial charge in [0.2, 0.25) is 10.0 Å². The van der Waals surface area contributed by atoms with Crippen LogP contribution in [0.1, 0.15) is 28.1 Å². The lowest BCUT2D eigenvalue weighted by molar-refractivity contribution is 0.103. The number of benzene rings is 2. The SMILES string of the molecule is COc1ccc(S(=O)(=O)N2CCc3c(c(COCc4ccc(C)cc4)nn3C)C2)cc1OC. The summed E-state index contributed by atoms with van der Waals surface area (Å²) >= 11 is 0. The van der Waals surface area contributed by atoms with Crippen LogP contribution in [0, 0.1) is 6.92 Å². The highest BCUT2D eigenvalue weighted by atomic mass is 32.2. The summed E-state index contributed by atoms with van der Waals surface area (Å²) in [7, 11) is 1.18. The molecule has 0 fully saturated rings. The van der Waals surface area contributed by atoms with Gasteiger partial charge in [-0.2, -0.15) is 9.40 Å². The fourth-order valence-corrected chi connectivity index (χ4v) is 5.47. The maximum Gasteiger partial charge on any atom is 0.243 e. The van der Waals surface area contributed by atoms with E-state index in [2.05, 4.69) is 17.2 Å². The van der Waals surface area contributed by atoms with Gasteiger partial charge in [-0.25, -0.2) is 8.42 Å². The van der Waals surface area contributed by atoms with Gasteiger partial charge in [0.05, 0.1) is 38.0 Å². The van der Waals surface area contributed by atoms with E-state index in [0.717, 1.165) is 22.5 Å². The van der Waals surface area contributed by atoms with Crippen molar-refractivity contribution in [2.24, 2.45) is 7.05 Å². The molecule has 0 aliphatic carbocycles. The molecule has 0 atom stereocenters. The van der Waals surface area contributed by atoms with Crippen molar-refractivity contribution in [3.05, 3.63) is 70.5 Å². The van der Waals surface area contributed by atoms with Crippen LogP contribution in [0.4, 0.5) is 0 Å². The molecule has 4 rings (SSSR count). The number of methoxy groups -OCH3 is 2. The fraction of sp³-hybridized carbons (Fsp3) is 0.375. The number of sulfonamides is 1. The summed E-state index contributed by atoms with van der Waals surface area (Å²) in [4.78, 5) is 0.171. The van der Waals surface area contributed by atoms with Crippen LogP contribution in [0.15, 0.2) is 47.4 Å². The summed E-state index contributed by atoms with van der Waals surface area (Å²) in [6, 6.07) is 12.8. The maximum absolute atomic E-state index is 13.4. The van der Waals surface area contributed by atoms with E-state index in [0.29, 0.717) is 37.7 Å². The van der Waals surface area contributed by atoms with Crippen LogP contribution in [0.25, 0.3) is 0 Å². The molecule has 1 aliphatic rings. The highest BCUT2D eigenvalue weighted by Crippen LogP contribution is 2.33. The minimum atomic E-state index is -3.72. The third-order valence-corrected chi connectivity index (χ3v) is 7.75. The van der Waals surface area contributed by atoms with E-state index in [1.807, 2.05) is 30.8 Å². The zero-order valence-electron chi connectivity index (χ0n) is 19.4.